The highest BCUT2D eigenvalue weighted by molar-refractivity contribution is 5.97. The average Bonchev–Trinajstić information content (AvgIpc) is 2.90. The van der Waals surface area contributed by atoms with E-state index < -0.39 is 6.04 Å². The van der Waals surface area contributed by atoms with Crippen molar-refractivity contribution >= 4 is 11.9 Å². The predicted octanol–water partition coefficient (Wildman–Crippen LogP) is 1.87. The molecule has 1 fully saturated rings. The Kier molecular flexibility index (Phi) is 4.27. The predicted molar refractivity (Wildman–Crippen MR) is 73.5 cm³/mol. The van der Waals surface area contributed by atoms with E-state index in [-0.39, 0.29) is 17.6 Å². The molecule has 1 aromatic carbocycles. The van der Waals surface area contributed by atoms with Crippen LogP contribution in [0.15, 0.2) is 18.2 Å². The van der Waals surface area contributed by atoms with Crippen LogP contribution in [0.4, 0.5) is 0 Å². The largest absolute Gasteiger partial charge is 0.508 e. The van der Waals surface area contributed by atoms with Crippen molar-refractivity contribution in [2.45, 2.75) is 32.7 Å². The Morgan fingerprint density at radius 1 is 1.45 bits per heavy atom. The van der Waals surface area contributed by atoms with Gasteiger partial charge in [-0.1, -0.05) is 0 Å². The minimum Gasteiger partial charge on any atom is -0.508 e. The third-order valence-electron chi connectivity index (χ3n) is 3.52. The van der Waals surface area contributed by atoms with Crippen molar-refractivity contribution in [1.29, 1.82) is 0 Å². The molecule has 5 nitrogen and oxygen atoms in total. The highest BCUT2D eigenvalue weighted by Crippen LogP contribution is 2.23. The molecule has 1 unspecified atom stereocenters. The molecule has 1 heterocycles. The smallest absolute Gasteiger partial charge is 0.328 e. The molecule has 1 amide bonds. The van der Waals surface area contributed by atoms with Gasteiger partial charge in [0, 0.05) is 12.1 Å². The molecule has 2 rings (SSSR count). The number of rotatable bonds is 3. The maximum Gasteiger partial charge on any atom is 0.328 e. The molecule has 0 aromatic heterocycles. The quantitative estimate of drug-likeness (QED) is 0.856. The highest BCUT2D eigenvalue weighted by Gasteiger charge is 2.35. The molecule has 0 bridgehead atoms. The number of carbonyl (C=O) groups excluding carboxylic acids is 2. The molecule has 5 heteroatoms. The van der Waals surface area contributed by atoms with E-state index in [1.807, 2.05) is 0 Å². The van der Waals surface area contributed by atoms with Crippen LogP contribution in [0.2, 0.25) is 0 Å². The summed E-state index contributed by atoms with van der Waals surface area (Å²) in [4.78, 5) is 25.9. The summed E-state index contributed by atoms with van der Waals surface area (Å²) in [6.45, 7) is 4.36. The van der Waals surface area contributed by atoms with Gasteiger partial charge in [0.1, 0.15) is 11.8 Å². The second-order valence-corrected chi connectivity index (χ2v) is 4.91. The van der Waals surface area contributed by atoms with Gasteiger partial charge < -0.3 is 14.7 Å². The topological polar surface area (TPSA) is 66.8 Å². The first-order chi connectivity index (χ1) is 9.54. The second kappa shape index (κ2) is 5.94. The molecule has 1 atom stereocenters. The van der Waals surface area contributed by atoms with Gasteiger partial charge in [0.2, 0.25) is 0 Å². The van der Waals surface area contributed by atoms with Gasteiger partial charge in [0.15, 0.2) is 0 Å². The number of aromatic hydroxyl groups is 1. The van der Waals surface area contributed by atoms with E-state index in [0.29, 0.717) is 30.7 Å². The Morgan fingerprint density at radius 2 is 2.20 bits per heavy atom. The van der Waals surface area contributed by atoms with Crippen LogP contribution in [-0.2, 0) is 9.53 Å². The van der Waals surface area contributed by atoms with Crippen molar-refractivity contribution in [3.63, 3.8) is 0 Å². The summed E-state index contributed by atoms with van der Waals surface area (Å²) in [7, 11) is 0. The fourth-order valence-electron chi connectivity index (χ4n) is 2.45. The summed E-state index contributed by atoms with van der Waals surface area (Å²) in [5.74, 6) is -0.373. The first-order valence-electron chi connectivity index (χ1n) is 6.81. The molecule has 0 saturated carbocycles. The van der Waals surface area contributed by atoms with Crippen molar-refractivity contribution in [3.8, 4) is 5.75 Å². The lowest BCUT2D eigenvalue weighted by molar-refractivity contribution is -0.147. The number of carbonyl (C=O) groups is 2. The number of phenols is 1. The fraction of sp³-hybridized carbons (Fsp3) is 0.467. The minimum absolute atomic E-state index is 0.157. The molecule has 0 radical (unpaired) electrons. The monoisotopic (exact) mass is 277 g/mol. The van der Waals surface area contributed by atoms with Crippen LogP contribution in [0.3, 0.4) is 0 Å². The molecule has 1 saturated heterocycles. The Hall–Kier alpha value is -2.04. The number of amides is 1. The summed E-state index contributed by atoms with van der Waals surface area (Å²) in [6.07, 6.45) is 1.44. The molecule has 1 aromatic rings. The SMILES string of the molecule is CCOC(=O)C1CCCN1C(=O)c1ccc(O)c(C)c1. The van der Waals surface area contributed by atoms with E-state index in [9.17, 15) is 14.7 Å². The maximum atomic E-state index is 12.5. The summed E-state index contributed by atoms with van der Waals surface area (Å²) in [5.41, 5.74) is 1.12. The van der Waals surface area contributed by atoms with E-state index in [1.54, 1.807) is 30.9 Å². The first-order valence-corrected chi connectivity index (χ1v) is 6.81. The molecule has 1 aliphatic heterocycles. The molecule has 1 aliphatic rings. The van der Waals surface area contributed by atoms with Crippen LogP contribution < -0.4 is 0 Å². The number of ether oxygens (including phenoxy) is 1. The number of hydrogen-bond donors (Lipinski definition) is 1. The van der Waals surface area contributed by atoms with Gasteiger partial charge in [-0.3, -0.25) is 4.79 Å². The third-order valence-corrected chi connectivity index (χ3v) is 3.52. The van der Waals surface area contributed by atoms with Crippen LogP contribution in [0, 0.1) is 6.92 Å². The van der Waals surface area contributed by atoms with Crippen molar-refractivity contribution < 1.29 is 19.4 Å². The van der Waals surface area contributed by atoms with Crippen LogP contribution in [0.1, 0.15) is 35.7 Å². The normalized spacial score (nSPS) is 18.1. The zero-order chi connectivity index (χ0) is 14.7. The Morgan fingerprint density at radius 3 is 2.85 bits per heavy atom. The van der Waals surface area contributed by atoms with Crippen LogP contribution >= 0.6 is 0 Å². The fourth-order valence-corrected chi connectivity index (χ4v) is 2.45. The van der Waals surface area contributed by atoms with Crippen molar-refractivity contribution in [1.82, 2.24) is 4.90 Å². The zero-order valence-electron chi connectivity index (χ0n) is 11.8. The number of esters is 1. The number of likely N-dealkylation sites (tertiary alicyclic amines) is 1. The van der Waals surface area contributed by atoms with Gasteiger partial charge in [0.25, 0.3) is 5.91 Å². The van der Waals surface area contributed by atoms with Gasteiger partial charge in [-0.15, -0.1) is 0 Å². The molecule has 0 spiro atoms. The minimum atomic E-state index is -0.489. The van der Waals surface area contributed by atoms with Crippen LogP contribution in [-0.4, -0.2) is 41.1 Å². The number of nitrogens with zero attached hydrogens (tertiary/aromatic N) is 1. The molecule has 20 heavy (non-hydrogen) atoms. The lowest BCUT2D eigenvalue weighted by atomic mass is 10.1. The lowest BCUT2D eigenvalue weighted by Crippen LogP contribution is -2.41. The number of aryl methyl sites for hydroxylation is 1. The highest BCUT2D eigenvalue weighted by atomic mass is 16.5. The van der Waals surface area contributed by atoms with Gasteiger partial charge in [0.05, 0.1) is 6.61 Å². The van der Waals surface area contributed by atoms with E-state index in [1.165, 1.54) is 6.07 Å². The standard InChI is InChI=1S/C15H19NO4/c1-3-20-15(19)12-5-4-8-16(12)14(18)11-6-7-13(17)10(2)9-11/h6-7,9,12,17H,3-5,8H2,1-2H3. The van der Waals surface area contributed by atoms with E-state index in [2.05, 4.69) is 0 Å². The van der Waals surface area contributed by atoms with Gasteiger partial charge in [-0.25, -0.2) is 4.79 Å². The first kappa shape index (κ1) is 14.4. The Bertz CT molecular complexity index is 527. The summed E-state index contributed by atoms with van der Waals surface area (Å²) in [5, 5.41) is 9.50. The molecular weight excluding hydrogens is 258 g/mol. The molecular formula is C15H19NO4. The van der Waals surface area contributed by atoms with Crippen LogP contribution in [0.5, 0.6) is 5.75 Å². The summed E-state index contributed by atoms with van der Waals surface area (Å²) in [6, 6.07) is 4.22. The molecule has 108 valence electrons. The average molecular weight is 277 g/mol. The number of benzene rings is 1. The summed E-state index contributed by atoms with van der Waals surface area (Å²) < 4.78 is 5.01. The summed E-state index contributed by atoms with van der Waals surface area (Å²) >= 11 is 0. The van der Waals surface area contributed by atoms with E-state index in [4.69, 9.17) is 4.74 Å². The molecule has 0 aliphatic carbocycles. The Balaban J connectivity index is 2.18. The van der Waals surface area contributed by atoms with Gasteiger partial charge in [-0.2, -0.15) is 0 Å². The maximum absolute atomic E-state index is 12.5. The van der Waals surface area contributed by atoms with Gasteiger partial charge >= 0.3 is 5.97 Å². The van der Waals surface area contributed by atoms with Crippen molar-refractivity contribution in [3.05, 3.63) is 29.3 Å². The molecule has 1 N–H and O–H groups in total. The third kappa shape index (κ3) is 2.76. The second-order valence-electron chi connectivity index (χ2n) is 4.91. The number of hydrogen-bond acceptors (Lipinski definition) is 4. The Labute approximate surface area is 118 Å². The van der Waals surface area contributed by atoms with Gasteiger partial charge in [-0.05, 0) is 50.5 Å². The van der Waals surface area contributed by atoms with Crippen molar-refractivity contribution in [2.75, 3.05) is 13.2 Å². The lowest BCUT2D eigenvalue weighted by Gasteiger charge is -2.23. The number of phenolic OH excluding ortho intramolecular Hbond substituents is 1. The van der Waals surface area contributed by atoms with E-state index >= 15 is 0 Å². The van der Waals surface area contributed by atoms with Crippen molar-refractivity contribution in [2.24, 2.45) is 0 Å². The van der Waals surface area contributed by atoms with E-state index in [0.717, 1.165) is 6.42 Å². The van der Waals surface area contributed by atoms with Crippen LogP contribution in [0.25, 0.3) is 0 Å². The zero-order valence-corrected chi connectivity index (χ0v) is 11.8.